The van der Waals surface area contributed by atoms with Crippen LogP contribution in [0.5, 0.6) is 0 Å². The summed E-state index contributed by atoms with van der Waals surface area (Å²) in [5.74, 6) is 0.261. The number of hydrogen-bond donors (Lipinski definition) is 3. The van der Waals surface area contributed by atoms with Gasteiger partial charge in [0, 0.05) is 24.2 Å². The Labute approximate surface area is 155 Å². The Hall–Kier alpha value is -2.01. The van der Waals surface area contributed by atoms with Crippen molar-refractivity contribution in [2.24, 2.45) is 11.7 Å². The van der Waals surface area contributed by atoms with Gasteiger partial charge in [-0.2, -0.15) is 0 Å². The minimum absolute atomic E-state index is 0.189. The number of carbonyl (C=O) groups is 1. The highest BCUT2D eigenvalue weighted by Gasteiger charge is 2.32. The molecule has 140 valence electrons. The number of fused-ring (bicyclic) bond motifs is 1. The third-order valence-electron chi connectivity index (χ3n) is 6.19. The molecule has 1 aromatic rings. The Morgan fingerprint density at radius 1 is 1.15 bits per heavy atom. The van der Waals surface area contributed by atoms with Crippen LogP contribution in [-0.2, 0) is 0 Å². The molecule has 4 N–H and O–H groups in total. The molecule has 0 radical (unpaired) electrons. The summed E-state index contributed by atoms with van der Waals surface area (Å²) in [6.07, 6.45) is 10.5. The predicted octanol–water partition coefficient (Wildman–Crippen LogP) is 3.40. The Balaban J connectivity index is 1.67. The van der Waals surface area contributed by atoms with Gasteiger partial charge in [0.25, 0.3) is 5.91 Å². The van der Waals surface area contributed by atoms with Gasteiger partial charge in [-0.15, -0.1) is 0 Å². The van der Waals surface area contributed by atoms with Gasteiger partial charge in [0.2, 0.25) is 0 Å². The lowest BCUT2D eigenvalue weighted by molar-refractivity contribution is 0.100. The summed E-state index contributed by atoms with van der Waals surface area (Å²) >= 11 is 0. The lowest BCUT2D eigenvalue weighted by Crippen LogP contribution is -2.31. The van der Waals surface area contributed by atoms with Crippen molar-refractivity contribution in [2.45, 2.75) is 63.5 Å². The number of hydrogen-bond acceptors (Lipinski definition) is 4. The molecule has 1 saturated carbocycles. The van der Waals surface area contributed by atoms with E-state index in [4.69, 9.17) is 5.73 Å². The van der Waals surface area contributed by atoms with E-state index in [0.717, 1.165) is 50.0 Å². The number of primary amides is 1. The van der Waals surface area contributed by atoms with Crippen LogP contribution >= 0.6 is 0 Å². The molecule has 0 bridgehead atoms. The first kappa shape index (κ1) is 17.4. The van der Waals surface area contributed by atoms with Crippen LogP contribution in [-0.4, -0.2) is 29.7 Å². The fourth-order valence-electron chi connectivity index (χ4n) is 4.77. The fourth-order valence-corrected chi connectivity index (χ4v) is 4.77. The Bertz CT molecular complexity index is 707. The van der Waals surface area contributed by atoms with Crippen LogP contribution in [0.25, 0.3) is 0 Å². The smallest absolute Gasteiger partial charge is 0.250 e. The average Bonchev–Trinajstić information content (AvgIpc) is 3.07. The lowest BCUT2D eigenvalue weighted by Gasteiger charge is -2.32. The van der Waals surface area contributed by atoms with Gasteiger partial charge in [0.05, 0.1) is 23.0 Å². The molecule has 1 aliphatic heterocycles. The van der Waals surface area contributed by atoms with Crippen molar-refractivity contribution in [3.05, 3.63) is 35.5 Å². The van der Waals surface area contributed by atoms with Gasteiger partial charge in [-0.25, -0.2) is 0 Å². The van der Waals surface area contributed by atoms with Crippen LogP contribution in [0.1, 0.15) is 61.7 Å². The zero-order valence-corrected chi connectivity index (χ0v) is 15.3. The van der Waals surface area contributed by atoms with Crippen LogP contribution in [0, 0.1) is 5.92 Å². The molecule has 3 aliphatic rings. The zero-order chi connectivity index (χ0) is 18.1. The summed E-state index contributed by atoms with van der Waals surface area (Å²) in [6.45, 7) is 0.997. The number of nitrogens with zero attached hydrogens (tertiary/aromatic N) is 1. The molecular formula is C21H29N3O2. The van der Waals surface area contributed by atoms with Crippen molar-refractivity contribution in [1.82, 2.24) is 0 Å². The van der Waals surface area contributed by atoms with Gasteiger partial charge >= 0.3 is 0 Å². The van der Waals surface area contributed by atoms with E-state index < -0.39 is 5.91 Å². The summed E-state index contributed by atoms with van der Waals surface area (Å²) in [7, 11) is 0. The van der Waals surface area contributed by atoms with Crippen molar-refractivity contribution in [1.29, 1.82) is 0 Å². The van der Waals surface area contributed by atoms with Crippen molar-refractivity contribution in [3.63, 3.8) is 0 Å². The van der Waals surface area contributed by atoms with Crippen LogP contribution in [0.3, 0.4) is 0 Å². The highest BCUT2D eigenvalue weighted by molar-refractivity contribution is 6.02. The van der Waals surface area contributed by atoms with Gasteiger partial charge in [-0.1, -0.05) is 12.1 Å². The molecule has 0 spiro atoms. The van der Waals surface area contributed by atoms with Crippen molar-refractivity contribution < 1.29 is 9.90 Å². The highest BCUT2D eigenvalue weighted by atomic mass is 16.3. The van der Waals surface area contributed by atoms with Gasteiger partial charge in [-0.05, 0) is 63.5 Å². The zero-order valence-electron chi connectivity index (χ0n) is 15.3. The number of aliphatic hydroxyl groups excluding tert-OH is 1. The number of para-hydroxylation sites is 1. The molecule has 0 aromatic heterocycles. The van der Waals surface area contributed by atoms with E-state index in [0.29, 0.717) is 11.5 Å². The topological polar surface area (TPSA) is 78.6 Å². The summed E-state index contributed by atoms with van der Waals surface area (Å²) in [6, 6.07) is 6.12. The maximum Gasteiger partial charge on any atom is 0.250 e. The monoisotopic (exact) mass is 355 g/mol. The van der Waals surface area contributed by atoms with Crippen LogP contribution in [0.4, 0.5) is 11.4 Å². The molecule has 2 aliphatic carbocycles. The lowest BCUT2D eigenvalue weighted by atomic mass is 9.92. The summed E-state index contributed by atoms with van der Waals surface area (Å²) in [4.78, 5) is 14.5. The van der Waals surface area contributed by atoms with Gasteiger partial charge in [0.1, 0.15) is 0 Å². The van der Waals surface area contributed by atoms with E-state index in [1.54, 1.807) is 0 Å². The minimum atomic E-state index is -0.390. The molecule has 1 aromatic carbocycles. The van der Waals surface area contributed by atoms with E-state index in [-0.39, 0.29) is 12.1 Å². The maximum atomic E-state index is 12.1. The summed E-state index contributed by atoms with van der Waals surface area (Å²) < 4.78 is 0. The predicted molar refractivity (Wildman–Crippen MR) is 104 cm³/mol. The molecular weight excluding hydrogens is 326 g/mol. The molecule has 4 rings (SSSR count). The molecule has 1 unspecified atom stereocenters. The molecule has 1 heterocycles. The van der Waals surface area contributed by atoms with E-state index in [2.05, 4.69) is 22.4 Å². The van der Waals surface area contributed by atoms with E-state index in [1.807, 2.05) is 12.1 Å². The first-order chi connectivity index (χ1) is 12.6. The Kier molecular flexibility index (Phi) is 4.90. The van der Waals surface area contributed by atoms with Crippen LogP contribution in [0.2, 0.25) is 0 Å². The summed E-state index contributed by atoms with van der Waals surface area (Å²) in [5.41, 5.74) is 9.61. The number of carbonyl (C=O) groups excluding carboxylic acids is 1. The number of benzene rings is 1. The molecule has 1 saturated heterocycles. The molecule has 5 heteroatoms. The molecule has 1 amide bonds. The second-order valence-electron chi connectivity index (χ2n) is 7.91. The first-order valence-electron chi connectivity index (χ1n) is 9.98. The molecule has 1 atom stereocenters. The van der Waals surface area contributed by atoms with Gasteiger partial charge < -0.3 is 21.1 Å². The quantitative estimate of drug-likeness (QED) is 0.773. The Morgan fingerprint density at radius 3 is 2.73 bits per heavy atom. The Morgan fingerprint density at radius 2 is 1.96 bits per heavy atom. The fraction of sp³-hybridized carbons (Fsp3) is 0.571. The second-order valence-corrected chi connectivity index (χ2v) is 7.91. The first-order valence-corrected chi connectivity index (χ1v) is 9.98. The number of amides is 1. The maximum absolute atomic E-state index is 12.1. The number of anilines is 2. The van der Waals surface area contributed by atoms with Gasteiger partial charge in [0.15, 0.2) is 0 Å². The third kappa shape index (κ3) is 3.32. The summed E-state index contributed by atoms with van der Waals surface area (Å²) in [5, 5.41) is 13.4. The number of nitrogens with two attached hydrogens (primary N) is 1. The second kappa shape index (κ2) is 7.31. The normalized spacial score (nSPS) is 28.4. The molecule has 2 fully saturated rings. The number of aliphatic hydroxyl groups is 1. The van der Waals surface area contributed by atoms with Crippen molar-refractivity contribution in [2.75, 3.05) is 16.8 Å². The highest BCUT2D eigenvalue weighted by Crippen LogP contribution is 2.42. The van der Waals surface area contributed by atoms with Crippen LogP contribution < -0.4 is 16.0 Å². The minimum Gasteiger partial charge on any atom is -0.393 e. The van der Waals surface area contributed by atoms with E-state index in [9.17, 15) is 9.90 Å². The number of rotatable bonds is 4. The molecule has 26 heavy (non-hydrogen) atoms. The van der Waals surface area contributed by atoms with Crippen LogP contribution in [0.15, 0.2) is 30.0 Å². The van der Waals surface area contributed by atoms with Crippen molar-refractivity contribution in [3.8, 4) is 0 Å². The number of nitrogens with one attached hydrogen (secondary N) is 1. The molecule has 5 nitrogen and oxygen atoms in total. The average molecular weight is 355 g/mol. The van der Waals surface area contributed by atoms with Gasteiger partial charge in [-0.3, -0.25) is 4.79 Å². The van der Waals surface area contributed by atoms with Crippen molar-refractivity contribution >= 4 is 17.3 Å². The standard InChI is InChI=1S/C21H29N3O2/c22-21(26)17-5-3-7-19(20(17)23-15-8-10-16(25)11-9-15)24-13-12-14-4-1-2-6-18(14)24/h3,5-7,14-16,23,25H,1-2,4,8-13H2,(H2,22,26). The largest absolute Gasteiger partial charge is 0.393 e. The van der Waals surface area contributed by atoms with E-state index >= 15 is 0 Å². The SMILES string of the molecule is NC(=O)c1cccc(N2CCC3CCCC=C32)c1NC1CCC(O)CC1. The van der Waals surface area contributed by atoms with E-state index in [1.165, 1.54) is 25.0 Å². The number of allylic oxidation sites excluding steroid dienone is 2. The third-order valence-corrected chi connectivity index (χ3v) is 6.19.